The van der Waals surface area contributed by atoms with Gasteiger partial charge in [-0.15, -0.1) is 11.3 Å². The molecule has 1 heterocycles. The number of nitrogens with one attached hydrogen (secondary N) is 1. The van der Waals surface area contributed by atoms with Crippen molar-refractivity contribution in [2.75, 3.05) is 0 Å². The molecule has 0 aliphatic heterocycles. The van der Waals surface area contributed by atoms with Gasteiger partial charge >= 0.3 is 0 Å². The lowest BCUT2D eigenvalue weighted by molar-refractivity contribution is 0.523. The molecule has 1 N–H and O–H groups in total. The van der Waals surface area contributed by atoms with Crippen molar-refractivity contribution < 1.29 is 8.76 Å². The third-order valence-electron chi connectivity index (χ3n) is 2.00. The second-order valence-electron chi connectivity index (χ2n) is 2.96. The van der Waals surface area contributed by atoms with E-state index in [0.717, 1.165) is 15.6 Å². The SMILES string of the molecule is O=S([O-])NCc1csc2ccc(Cl)cc12. The normalized spacial score (nSPS) is 13.2. The average Bonchev–Trinajstić information content (AvgIpc) is 2.57. The van der Waals surface area contributed by atoms with Crippen LogP contribution in [-0.2, 0) is 17.8 Å². The van der Waals surface area contributed by atoms with E-state index < -0.39 is 11.3 Å². The molecule has 0 radical (unpaired) electrons. The summed E-state index contributed by atoms with van der Waals surface area (Å²) in [5.74, 6) is 0. The molecule has 3 nitrogen and oxygen atoms in total. The molecule has 0 saturated heterocycles. The quantitative estimate of drug-likeness (QED) is 0.862. The second kappa shape index (κ2) is 4.59. The molecule has 0 fully saturated rings. The van der Waals surface area contributed by atoms with Crippen LogP contribution in [0.1, 0.15) is 5.56 Å². The van der Waals surface area contributed by atoms with Crippen LogP contribution in [0.25, 0.3) is 10.1 Å². The molecule has 2 rings (SSSR count). The van der Waals surface area contributed by atoms with Crippen LogP contribution >= 0.6 is 22.9 Å². The van der Waals surface area contributed by atoms with E-state index in [0.29, 0.717) is 11.6 Å². The zero-order valence-corrected chi connectivity index (χ0v) is 9.92. The largest absolute Gasteiger partial charge is 0.760 e. The van der Waals surface area contributed by atoms with E-state index >= 15 is 0 Å². The van der Waals surface area contributed by atoms with Crippen LogP contribution in [0.15, 0.2) is 23.6 Å². The first kappa shape index (κ1) is 11.0. The molecule has 0 amide bonds. The van der Waals surface area contributed by atoms with Gasteiger partial charge < -0.3 is 4.55 Å². The van der Waals surface area contributed by atoms with Gasteiger partial charge in [-0.2, -0.15) is 0 Å². The van der Waals surface area contributed by atoms with Crippen molar-refractivity contribution in [3.8, 4) is 0 Å². The topological polar surface area (TPSA) is 52.2 Å². The van der Waals surface area contributed by atoms with Gasteiger partial charge in [-0.1, -0.05) is 11.6 Å². The van der Waals surface area contributed by atoms with Crippen molar-refractivity contribution in [1.29, 1.82) is 0 Å². The van der Waals surface area contributed by atoms with Crippen LogP contribution in [0.5, 0.6) is 0 Å². The first-order valence-electron chi connectivity index (χ1n) is 4.15. The van der Waals surface area contributed by atoms with E-state index in [-0.39, 0.29) is 0 Å². The number of benzene rings is 1. The van der Waals surface area contributed by atoms with Crippen LogP contribution in [0.3, 0.4) is 0 Å². The number of rotatable bonds is 3. The molecule has 1 unspecified atom stereocenters. The van der Waals surface area contributed by atoms with Gasteiger partial charge in [0.2, 0.25) is 0 Å². The van der Waals surface area contributed by atoms with Crippen molar-refractivity contribution >= 4 is 44.3 Å². The molecule has 0 saturated carbocycles. The van der Waals surface area contributed by atoms with Crippen LogP contribution < -0.4 is 4.72 Å². The zero-order chi connectivity index (χ0) is 10.8. The Morgan fingerprint density at radius 1 is 1.53 bits per heavy atom. The smallest absolute Gasteiger partial charge is 0.0413 e. The maximum absolute atomic E-state index is 10.4. The van der Waals surface area contributed by atoms with Crippen LogP contribution in [-0.4, -0.2) is 8.76 Å². The van der Waals surface area contributed by atoms with Crippen LogP contribution in [0, 0.1) is 0 Å². The van der Waals surface area contributed by atoms with Gasteiger partial charge in [0.15, 0.2) is 0 Å². The van der Waals surface area contributed by atoms with Gasteiger partial charge in [0, 0.05) is 27.5 Å². The van der Waals surface area contributed by atoms with E-state index in [2.05, 4.69) is 4.72 Å². The fourth-order valence-electron chi connectivity index (χ4n) is 1.33. The first-order valence-corrected chi connectivity index (χ1v) is 6.48. The summed E-state index contributed by atoms with van der Waals surface area (Å²) in [6.07, 6.45) is 0. The Morgan fingerprint density at radius 2 is 2.33 bits per heavy atom. The van der Waals surface area contributed by atoms with Crippen molar-refractivity contribution in [1.82, 2.24) is 4.72 Å². The van der Waals surface area contributed by atoms with Gasteiger partial charge in [-0.25, -0.2) is 4.72 Å². The van der Waals surface area contributed by atoms with E-state index in [1.807, 2.05) is 23.6 Å². The lowest BCUT2D eigenvalue weighted by Crippen LogP contribution is -2.15. The molecule has 15 heavy (non-hydrogen) atoms. The molecule has 0 spiro atoms. The Hall–Kier alpha value is -0.460. The number of halogens is 1. The van der Waals surface area contributed by atoms with Gasteiger partial charge in [0.05, 0.1) is 0 Å². The highest BCUT2D eigenvalue weighted by atomic mass is 35.5. The minimum atomic E-state index is -2.23. The second-order valence-corrected chi connectivity index (χ2v) is 5.06. The summed E-state index contributed by atoms with van der Waals surface area (Å²) < 4.78 is 24.2. The highest BCUT2D eigenvalue weighted by Crippen LogP contribution is 2.28. The molecule has 0 aliphatic rings. The Morgan fingerprint density at radius 3 is 3.07 bits per heavy atom. The highest BCUT2D eigenvalue weighted by molar-refractivity contribution is 7.77. The molecule has 80 valence electrons. The molecule has 0 aliphatic carbocycles. The number of hydrogen-bond donors (Lipinski definition) is 1. The number of thiophene rings is 1. The number of fused-ring (bicyclic) bond motifs is 1. The first-order chi connectivity index (χ1) is 7.16. The predicted octanol–water partition coefficient (Wildman–Crippen LogP) is 2.44. The maximum atomic E-state index is 10.4. The van der Waals surface area contributed by atoms with Gasteiger partial charge in [-0.3, -0.25) is 4.21 Å². The van der Waals surface area contributed by atoms with E-state index in [4.69, 9.17) is 11.6 Å². The summed E-state index contributed by atoms with van der Waals surface area (Å²) in [6.45, 7) is 0.302. The molecule has 1 atom stereocenters. The van der Waals surface area contributed by atoms with Crippen molar-refractivity contribution in [2.24, 2.45) is 0 Å². The summed E-state index contributed by atoms with van der Waals surface area (Å²) in [5.41, 5.74) is 0.946. The average molecular weight is 261 g/mol. The zero-order valence-electron chi connectivity index (χ0n) is 7.53. The summed E-state index contributed by atoms with van der Waals surface area (Å²) in [7, 11) is 0. The van der Waals surface area contributed by atoms with Gasteiger partial charge in [0.25, 0.3) is 0 Å². The predicted molar refractivity (Wildman–Crippen MR) is 62.6 cm³/mol. The molecule has 1 aromatic heterocycles. The third-order valence-corrected chi connectivity index (χ3v) is 3.62. The number of hydrogen-bond acceptors (Lipinski definition) is 3. The lowest BCUT2D eigenvalue weighted by atomic mass is 10.2. The Labute approximate surface area is 98.5 Å². The lowest BCUT2D eigenvalue weighted by Gasteiger charge is -2.05. The summed E-state index contributed by atoms with van der Waals surface area (Å²) in [4.78, 5) is 0. The molecule has 6 heteroatoms. The summed E-state index contributed by atoms with van der Waals surface area (Å²) in [5, 5.41) is 3.59. The molecule has 1 aromatic carbocycles. The van der Waals surface area contributed by atoms with Crippen LogP contribution in [0.2, 0.25) is 5.02 Å². The molecular formula is C9H7ClNO2S2-. The Bertz CT molecular complexity index is 512. The summed E-state index contributed by atoms with van der Waals surface area (Å²) >= 11 is 5.22. The maximum Gasteiger partial charge on any atom is 0.0413 e. The third kappa shape index (κ3) is 2.56. The standard InChI is InChI=1S/C9H8ClNO2S2/c10-7-1-2-9-8(3-7)6(5-14-9)4-11-15(12)13/h1-3,5,11H,4H2,(H,12,13)/p-1. The summed E-state index contributed by atoms with van der Waals surface area (Å²) in [6, 6.07) is 5.60. The fraction of sp³-hybridized carbons (Fsp3) is 0.111. The Kier molecular flexibility index (Phi) is 3.38. The van der Waals surface area contributed by atoms with Crippen LogP contribution in [0.4, 0.5) is 0 Å². The highest BCUT2D eigenvalue weighted by Gasteiger charge is 2.03. The minimum absolute atomic E-state index is 0.302. The minimum Gasteiger partial charge on any atom is -0.760 e. The van der Waals surface area contributed by atoms with Crippen molar-refractivity contribution in [3.63, 3.8) is 0 Å². The van der Waals surface area contributed by atoms with Gasteiger partial charge in [0.1, 0.15) is 0 Å². The Balaban J connectivity index is 2.35. The fourth-order valence-corrected chi connectivity index (χ4v) is 2.72. The molecular weight excluding hydrogens is 254 g/mol. The molecule has 0 bridgehead atoms. The van der Waals surface area contributed by atoms with Crippen molar-refractivity contribution in [3.05, 3.63) is 34.2 Å². The monoisotopic (exact) mass is 260 g/mol. The van der Waals surface area contributed by atoms with Gasteiger partial charge in [-0.05, 0) is 34.5 Å². The van der Waals surface area contributed by atoms with Crippen molar-refractivity contribution in [2.45, 2.75) is 6.54 Å². The van der Waals surface area contributed by atoms with E-state index in [1.165, 1.54) is 0 Å². The molecule has 2 aromatic rings. The van der Waals surface area contributed by atoms with E-state index in [9.17, 15) is 8.76 Å². The van der Waals surface area contributed by atoms with E-state index in [1.54, 1.807) is 11.3 Å².